The number of imide groups is 1. The lowest BCUT2D eigenvalue weighted by Gasteiger charge is -2.29. The summed E-state index contributed by atoms with van der Waals surface area (Å²) < 4.78 is 0. The van der Waals surface area contributed by atoms with Gasteiger partial charge in [-0.3, -0.25) is 24.6 Å². The maximum absolute atomic E-state index is 13.1. The van der Waals surface area contributed by atoms with Crippen LogP contribution in [-0.2, 0) is 22.7 Å². The summed E-state index contributed by atoms with van der Waals surface area (Å²) >= 11 is 0. The van der Waals surface area contributed by atoms with E-state index in [9.17, 15) is 14.4 Å². The highest BCUT2D eigenvalue weighted by Crippen LogP contribution is 2.30. The quantitative estimate of drug-likeness (QED) is 0.747. The van der Waals surface area contributed by atoms with Gasteiger partial charge in [0.2, 0.25) is 11.8 Å². The molecule has 3 amide bonds. The fourth-order valence-electron chi connectivity index (χ4n) is 4.35. The van der Waals surface area contributed by atoms with Crippen molar-refractivity contribution in [2.24, 2.45) is 0 Å². The van der Waals surface area contributed by atoms with Gasteiger partial charge in [-0.15, -0.1) is 0 Å². The number of carbonyl (C=O) groups is 3. The summed E-state index contributed by atoms with van der Waals surface area (Å²) in [5.74, 6) is -0.737. The van der Waals surface area contributed by atoms with Crippen LogP contribution in [0, 0.1) is 0 Å². The minimum atomic E-state index is -0.568. The van der Waals surface area contributed by atoms with Crippen molar-refractivity contribution in [3.63, 3.8) is 0 Å². The Labute approximate surface area is 164 Å². The predicted molar refractivity (Wildman–Crippen MR) is 104 cm³/mol. The number of benzene rings is 1. The highest BCUT2D eigenvalue weighted by molar-refractivity contribution is 6.05. The van der Waals surface area contributed by atoms with E-state index in [4.69, 9.17) is 0 Å². The van der Waals surface area contributed by atoms with Gasteiger partial charge in [-0.2, -0.15) is 0 Å². The number of nitrogens with zero attached hydrogens (tertiary/aromatic N) is 2. The zero-order valence-electron chi connectivity index (χ0n) is 16.2. The van der Waals surface area contributed by atoms with Gasteiger partial charge in [0.25, 0.3) is 5.91 Å². The average molecular weight is 382 g/mol. The molecule has 1 saturated heterocycles. The molecule has 3 heterocycles. The Hall–Kier alpha value is -2.67. The van der Waals surface area contributed by atoms with Crippen LogP contribution in [-0.4, -0.2) is 53.7 Å². The van der Waals surface area contributed by atoms with Crippen molar-refractivity contribution >= 4 is 17.7 Å². The standard InChI is InChI=1S/C21H26N4O3/c1-24(11-14-4-3-9-22-10-14)12-15-5-2-6-16-13-25(21(28)19(15)16)17-7-8-18(26)23-20(17)27/h2,5-6,10,17,22H,3-4,7-9,11-13H2,1H3,(H,23,26,27). The maximum atomic E-state index is 13.1. The van der Waals surface area contributed by atoms with Gasteiger partial charge in [-0.25, -0.2) is 0 Å². The Morgan fingerprint density at radius 2 is 2.04 bits per heavy atom. The number of piperidine rings is 1. The third-order valence-electron chi connectivity index (χ3n) is 5.68. The first-order valence-electron chi connectivity index (χ1n) is 9.88. The topological polar surface area (TPSA) is 81.8 Å². The maximum Gasteiger partial charge on any atom is 0.255 e. The van der Waals surface area contributed by atoms with Gasteiger partial charge in [0.1, 0.15) is 6.04 Å². The predicted octanol–water partition coefficient (Wildman–Crippen LogP) is 1.15. The molecular weight excluding hydrogens is 356 g/mol. The fourth-order valence-corrected chi connectivity index (χ4v) is 4.35. The van der Waals surface area contributed by atoms with E-state index in [2.05, 4.69) is 28.8 Å². The number of fused-ring (bicyclic) bond motifs is 1. The van der Waals surface area contributed by atoms with Crippen molar-refractivity contribution in [3.8, 4) is 0 Å². The van der Waals surface area contributed by atoms with Gasteiger partial charge in [0, 0.05) is 38.2 Å². The third kappa shape index (κ3) is 3.67. The summed E-state index contributed by atoms with van der Waals surface area (Å²) in [7, 11) is 2.06. The molecule has 7 nitrogen and oxygen atoms in total. The second kappa shape index (κ2) is 7.75. The van der Waals surface area contributed by atoms with E-state index >= 15 is 0 Å². The first-order chi connectivity index (χ1) is 13.5. The van der Waals surface area contributed by atoms with Crippen molar-refractivity contribution in [2.45, 2.75) is 44.8 Å². The van der Waals surface area contributed by atoms with E-state index in [1.165, 1.54) is 5.57 Å². The van der Waals surface area contributed by atoms with Crippen molar-refractivity contribution in [2.75, 3.05) is 20.1 Å². The fraction of sp³-hybridized carbons (Fsp3) is 0.476. The largest absolute Gasteiger partial charge is 0.391 e. The molecule has 4 rings (SSSR count). The molecule has 1 aromatic rings. The van der Waals surface area contributed by atoms with E-state index in [1.807, 2.05) is 18.2 Å². The van der Waals surface area contributed by atoms with Gasteiger partial charge in [0.15, 0.2) is 0 Å². The smallest absolute Gasteiger partial charge is 0.255 e. The molecule has 7 heteroatoms. The van der Waals surface area contributed by atoms with Crippen LogP contribution in [0.5, 0.6) is 0 Å². The summed E-state index contributed by atoms with van der Waals surface area (Å²) in [6.07, 6.45) is 5.02. The number of hydrogen-bond acceptors (Lipinski definition) is 5. The molecule has 2 N–H and O–H groups in total. The van der Waals surface area contributed by atoms with Crippen molar-refractivity contribution in [3.05, 3.63) is 46.7 Å². The van der Waals surface area contributed by atoms with Crippen LogP contribution >= 0.6 is 0 Å². The minimum Gasteiger partial charge on any atom is -0.391 e. The van der Waals surface area contributed by atoms with Gasteiger partial charge in [-0.05, 0) is 49.2 Å². The number of rotatable bonds is 5. The van der Waals surface area contributed by atoms with Crippen LogP contribution in [0.25, 0.3) is 0 Å². The molecule has 3 aliphatic heterocycles. The Morgan fingerprint density at radius 3 is 2.79 bits per heavy atom. The lowest BCUT2D eigenvalue weighted by Crippen LogP contribution is -2.52. The van der Waals surface area contributed by atoms with Crippen LogP contribution in [0.2, 0.25) is 0 Å². The average Bonchev–Trinajstić information content (AvgIpc) is 3.00. The Bertz CT molecular complexity index is 848. The van der Waals surface area contributed by atoms with Gasteiger partial charge in [0.05, 0.1) is 0 Å². The zero-order chi connectivity index (χ0) is 19.7. The minimum absolute atomic E-state index is 0.105. The van der Waals surface area contributed by atoms with Crippen LogP contribution in [0.4, 0.5) is 0 Å². The Kier molecular flexibility index (Phi) is 5.17. The van der Waals surface area contributed by atoms with Crippen LogP contribution < -0.4 is 10.6 Å². The van der Waals surface area contributed by atoms with Crippen LogP contribution in [0.15, 0.2) is 30.0 Å². The third-order valence-corrected chi connectivity index (χ3v) is 5.68. The normalized spacial score (nSPS) is 22.1. The van der Waals surface area contributed by atoms with Crippen molar-refractivity contribution in [1.29, 1.82) is 0 Å². The summed E-state index contributed by atoms with van der Waals surface area (Å²) in [6.45, 7) is 2.99. The first kappa shape index (κ1) is 18.7. The molecule has 0 saturated carbocycles. The van der Waals surface area contributed by atoms with Gasteiger partial charge in [-0.1, -0.05) is 18.2 Å². The summed E-state index contributed by atoms with van der Waals surface area (Å²) in [5.41, 5.74) is 4.04. The van der Waals surface area contributed by atoms with E-state index in [0.29, 0.717) is 19.5 Å². The van der Waals surface area contributed by atoms with Gasteiger partial charge < -0.3 is 10.2 Å². The lowest BCUT2D eigenvalue weighted by molar-refractivity contribution is -0.136. The molecule has 0 spiro atoms. The number of likely N-dealkylation sites (N-methyl/N-ethyl adjacent to an activating group) is 1. The SMILES string of the molecule is CN(CC1=CNCCC1)Cc1cccc2c1C(=O)N(C1CCC(=O)NC1=O)C2. The summed E-state index contributed by atoms with van der Waals surface area (Å²) in [4.78, 5) is 40.6. The molecule has 3 aliphatic rings. The number of hydrogen-bond donors (Lipinski definition) is 2. The lowest BCUT2D eigenvalue weighted by atomic mass is 10.0. The van der Waals surface area contributed by atoms with Crippen molar-refractivity contribution in [1.82, 2.24) is 20.4 Å². The molecule has 1 aromatic carbocycles. The molecule has 0 bridgehead atoms. The van der Waals surface area contributed by atoms with Crippen LogP contribution in [0.3, 0.4) is 0 Å². The van der Waals surface area contributed by atoms with Crippen molar-refractivity contribution < 1.29 is 14.4 Å². The molecule has 1 atom stereocenters. The Balaban J connectivity index is 1.49. The first-order valence-corrected chi connectivity index (χ1v) is 9.88. The summed E-state index contributed by atoms with van der Waals surface area (Å²) in [5, 5.41) is 5.64. The molecule has 0 aliphatic carbocycles. The molecular formula is C21H26N4O3. The Morgan fingerprint density at radius 1 is 1.18 bits per heavy atom. The molecule has 28 heavy (non-hydrogen) atoms. The number of amides is 3. The molecule has 1 unspecified atom stereocenters. The van der Waals surface area contributed by atoms with E-state index in [-0.39, 0.29) is 24.1 Å². The zero-order valence-corrected chi connectivity index (χ0v) is 16.2. The highest BCUT2D eigenvalue weighted by Gasteiger charge is 2.39. The monoisotopic (exact) mass is 382 g/mol. The van der Waals surface area contributed by atoms with E-state index in [1.54, 1.807) is 4.90 Å². The molecule has 148 valence electrons. The summed E-state index contributed by atoms with van der Waals surface area (Å²) in [6, 6.07) is 5.36. The molecule has 0 aromatic heterocycles. The number of carbonyl (C=O) groups excluding carboxylic acids is 3. The molecule has 0 radical (unpaired) electrons. The number of nitrogens with one attached hydrogen (secondary N) is 2. The van der Waals surface area contributed by atoms with Gasteiger partial charge >= 0.3 is 0 Å². The highest BCUT2D eigenvalue weighted by atomic mass is 16.2. The van der Waals surface area contributed by atoms with E-state index in [0.717, 1.165) is 42.6 Å². The van der Waals surface area contributed by atoms with Crippen LogP contribution in [0.1, 0.15) is 47.2 Å². The second-order valence-electron chi connectivity index (χ2n) is 7.88. The van der Waals surface area contributed by atoms with E-state index < -0.39 is 6.04 Å². The second-order valence-corrected chi connectivity index (χ2v) is 7.88. The molecule has 1 fully saturated rings.